The first-order valence-corrected chi connectivity index (χ1v) is 7.02. The van der Waals surface area contributed by atoms with Crippen LogP contribution in [-0.4, -0.2) is 27.1 Å². The first kappa shape index (κ1) is 11.1. The van der Waals surface area contributed by atoms with Gasteiger partial charge >= 0.3 is 0 Å². The Balaban J connectivity index is 2.51. The molecule has 0 amide bonds. The first-order chi connectivity index (χ1) is 5.73. The largest absolute Gasteiger partial charge is 0.281 e. The molecule has 12 heavy (non-hydrogen) atoms. The third-order valence-electron chi connectivity index (χ3n) is 2.58. The van der Waals surface area contributed by atoms with E-state index in [4.69, 9.17) is 0 Å². The zero-order chi connectivity index (χ0) is 9.03. The summed E-state index contributed by atoms with van der Waals surface area (Å²) < 4.78 is 0.373. The number of hydrogen-bond acceptors (Lipinski definition) is 2. The summed E-state index contributed by atoms with van der Waals surface area (Å²) >= 11 is 4.60. The molecule has 0 N–H and O–H groups in total. The van der Waals surface area contributed by atoms with E-state index in [9.17, 15) is 0 Å². The van der Waals surface area contributed by atoms with Gasteiger partial charge in [-0.1, -0.05) is 13.3 Å². The van der Waals surface area contributed by atoms with Gasteiger partial charge in [-0.25, -0.2) is 0 Å². The molecule has 0 aromatic heterocycles. The molecule has 1 atom stereocenters. The second-order valence-corrected chi connectivity index (χ2v) is 6.89. The lowest BCUT2D eigenvalue weighted by Gasteiger charge is -2.40. The molecule has 0 spiro atoms. The van der Waals surface area contributed by atoms with Gasteiger partial charge in [-0.3, -0.25) is 4.90 Å². The highest BCUT2D eigenvalue weighted by molar-refractivity contribution is 14.1. The maximum absolute atomic E-state index is 2.64. The van der Waals surface area contributed by atoms with Gasteiger partial charge in [-0.05, 0) is 48.1 Å². The van der Waals surface area contributed by atoms with Crippen molar-refractivity contribution in [2.45, 2.75) is 35.5 Å². The number of halogens is 1. The number of hydrogen-bond donors (Lipinski definition) is 0. The fourth-order valence-corrected chi connectivity index (χ4v) is 2.94. The first-order valence-electron chi connectivity index (χ1n) is 4.72. The molecule has 72 valence electrons. The standard InChI is InChI=1S/C9H18INS/c1-3-9(10,12-2)11-7-5-4-6-8-11/h3-8H2,1-2H3. The van der Waals surface area contributed by atoms with Crippen molar-refractivity contribution in [2.75, 3.05) is 19.3 Å². The Morgan fingerprint density at radius 3 is 2.33 bits per heavy atom. The van der Waals surface area contributed by atoms with E-state index in [-0.39, 0.29) is 0 Å². The van der Waals surface area contributed by atoms with E-state index in [1.807, 2.05) is 11.8 Å². The molecule has 1 saturated heterocycles. The van der Waals surface area contributed by atoms with Crippen molar-refractivity contribution in [3.63, 3.8) is 0 Å². The van der Waals surface area contributed by atoms with Gasteiger partial charge in [0.2, 0.25) is 0 Å². The highest BCUT2D eigenvalue weighted by Gasteiger charge is 2.31. The molecule has 0 saturated carbocycles. The summed E-state index contributed by atoms with van der Waals surface area (Å²) in [6, 6.07) is 0. The van der Waals surface area contributed by atoms with Crippen LogP contribution in [-0.2, 0) is 0 Å². The van der Waals surface area contributed by atoms with E-state index in [1.165, 1.54) is 38.8 Å². The molecular formula is C9H18INS. The lowest BCUT2D eigenvalue weighted by Crippen LogP contribution is -2.43. The van der Waals surface area contributed by atoms with Crippen LogP contribution in [0.4, 0.5) is 0 Å². The van der Waals surface area contributed by atoms with E-state index in [0.717, 1.165) is 0 Å². The van der Waals surface area contributed by atoms with Gasteiger partial charge in [0.25, 0.3) is 0 Å². The average Bonchev–Trinajstić information content (AvgIpc) is 2.18. The second-order valence-electron chi connectivity index (χ2n) is 3.29. The van der Waals surface area contributed by atoms with Gasteiger partial charge in [0.05, 0.1) is 0 Å². The third-order valence-corrected chi connectivity index (χ3v) is 6.52. The molecule has 3 heteroatoms. The van der Waals surface area contributed by atoms with Crippen molar-refractivity contribution >= 4 is 34.4 Å². The van der Waals surface area contributed by atoms with Crippen LogP contribution in [0.15, 0.2) is 0 Å². The maximum atomic E-state index is 2.64. The Morgan fingerprint density at radius 2 is 1.92 bits per heavy atom. The molecule has 1 unspecified atom stereocenters. The van der Waals surface area contributed by atoms with E-state index in [1.54, 1.807) is 0 Å². The molecule has 1 rings (SSSR count). The van der Waals surface area contributed by atoms with Crippen LogP contribution in [0.3, 0.4) is 0 Å². The SMILES string of the molecule is CCC(I)(SC)N1CCCCC1. The summed E-state index contributed by atoms with van der Waals surface area (Å²) in [6.45, 7) is 4.90. The lowest BCUT2D eigenvalue weighted by atomic mass is 10.1. The van der Waals surface area contributed by atoms with Crippen molar-refractivity contribution in [2.24, 2.45) is 0 Å². The number of likely N-dealkylation sites (tertiary alicyclic amines) is 1. The summed E-state index contributed by atoms with van der Waals surface area (Å²) in [5, 5.41) is 0. The van der Waals surface area contributed by atoms with Gasteiger partial charge in [-0.2, -0.15) is 0 Å². The quantitative estimate of drug-likeness (QED) is 0.447. The Bertz CT molecular complexity index is 130. The van der Waals surface area contributed by atoms with Crippen LogP contribution < -0.4 is 0 Å². The second kappa shape index (κ2) is 5.05. The highest BCUT2D eigenvalue weighted by atomic mass is 127. The molecule has 1 aliphatic rings. The normalized spacial score (nSPS) is 25.2. The predicted molar refractivity (Wildman–Crippen MR) is 66.0 cm³/mol. The van der Waals surface area contributed by atoms with Crippen LogP contribution in [0.25, 0.3) is 0 Å². The molecule has 1 nitrogen and oxygen atoms in total. The van der Waals surface area contributed by atoms with E-state index < -0.39 is 0 Å². The number of nitrogens with zero attached hydrogens (tertiary/aromatic N) is 1. The zero-order valence-electron chi connectivity index (χ0n) is 7.98. The van der Waals surface area contributed by atoms with Crippen LogP contribution in [0.5, 0.6) is 0 Å². The molecule has 0 aromatic rings. The third kappa shape index (κ3) is 2.51. The van der Waals surface area contributed by atoms with Crippen molar-refractivity contribution in [3.8, 4) is 0 Å². The minimum Gasteiger partial charge on any atom is -0.281 e. The lowest BCUT2D eigenvalue weighted by molar-refractivity contribution is 0.201. The minimum absolute atomic E-state index is 0.373. The Labute approximate surface area is 93.8 Å². The molecule has 1 fully saturated rings. The predicted octanol–water partition coefficient (Wildman–Crippen LogP) is 3.33. The summed E-state index contributed by atoms with van der Waals surface area (Å²) in [7, 11) is 0. The van der Waals surface area contributed by atoms with Gasteiger partial charge < -0.3 is 0 Å². The topological polar surface area (TPSA) is 3.24 Å². The molecule has 0 radical (unpaired) electrons. The van der Waals surface area contributed by atoms with Crippen molar-refractivity contribution < 1.29 is 0 Å². The highest BCUT2D eigenvalue weighted by Crippen LogP contribution is 2.39. The number of rotatable bonds is 3. The molecule has 1 aliphatic heterocycles. The number of alkyl halides is 1. The summed E-state index contributed by atoms with van der Waals surface area (Å²) in [5.41, 5.74) is 0. The minimum atomic E-state index is 0.373. The van der Waals surface area contributed by atoms with Gasteiger partial charge in [0, 0.05) is 13.1 Å². The van der Waals surface area contributed by atoms with Crippen molar-refractivity contribution in [1.29, 1.82) is 0 Å². The van der Waals surface area contributed by atoms with Gasteiger partial charge in [0.15, 0.2) is 0 Å². The van der Waals surface area contributed by atoms with Crippen LogP contribution in [0.1, 0.15) is 32.6 Å². The molecule has 0 bridgehead atoms. The smallest absolute Gasteiger partial charge is 0.119 e. The molecule has 1 heterocycles. The van der Waals surface area contributed by atoms with Crippen molar-refractivity contribution in [1.82, 2.24) is 4.90 Å². The van der Waals surface area contributed by atoms with E-state index in [2.05, 4.69) is 40.7 Å². The van der Waals surface area contributed by atoms with Crippen LogP contribution >= 0.6 is 34.4 Å². The molecule has 0 aliphatic carbocycles. The fraction of sp³-hybridized carbons (Fsp3) is 1.00. The Hall–Kier alpha value is 1.04. The number of thioether (sulfide) groups is 1. The van der Waals surface area contributed by atoms with Crippen molar-refractivity contribution in [3.05, 3.63) is 0 Å². The summed E-state index contributed by atoms with van der Waals surface area (Å²) in [6.07, 6.45) is 7.69. The average molecular weight is 299 g/mol. The summed E-state index contributed by atoms with van der Waals surface area (Å²) in [5.74, 6) is 0. The molecular weight excluding hydrogens is 281 g/mol. The Morgan fingerprint density at radius 1 is 1.33 bits per heavy atom. The van der Waals surface area contributed by atoms with Gasteiger partial charge in [0.1, 0.15) is 2.88 Å². The van der Waals surface area contributed by atoms with E-state index in [0.29, 0.717) is 2.88 Å². The van der Waals surface area contributed by atoms with Crippen LogP contribution in [0.2, 0.25) is 0 Å². The molecule has 0 aromatic carbocycles. The fourth-order valence-electron chi connectivity index (χ4n) is 1.72. The van der Waals surface area contributed by atoms with Crippen LogP contribution in [0, 0.1) is 0 Å². The monoisotopic (exact) mass is 299 g/mol. The zero-order valence-corrected chi connectivity index (χ0v) is 11.0. The maximum Gasteiger partial charge on any atom is 0.119 e. The van der Waals surface area contributed by atoms with Gasteiger partial charge in [-0.15, -0.1) is 11.8 Å². The Kier molecular flexibility index (Phi) is 4.68. The van der Waals surface area contributed by atoms with E-state index >= 15 is 0 Å². The number of piperidine rings is 1. The summed E-state index contributed by atoms with van der Waals surface area (Å²) in [4.78, 5) is 2.64.